The summed E-state index contributed by atoms with van der Waals surface area (Å²) in [6.45, 7) is 5.67. The van der Waals surface area contributed by atoms with Crippen molar-refractivity contribution in [3.63, 3.8) is 0 Å². The lowest BCUT2D eigenvalue weighted by molar-refractivity contribution is 0.101. The lowest BCUT2D eigenvalue weighted by Crippen LogP contribution is -2.48. The van der Waals surface area contributed by atoms with Crippen LogP contribution < -0.4 is 0 Å². The number of benzene rings is 1. The molecule has 1 aliphatic rings. The molecule has 1 fully saturated rings. The number of nitrogens with zero attached hydrogens (tertiary/aromatic N) is 4. The Bertz CT molecular complexity index is 853. The van der Waals surface area contributed by atoms with E-state index in [0.717, 1.165) is 0 Å². The fourth-order valence-corrected chi connectivity index (χ4v) is 4.15. The quantitative estimate of drug-likeness (QED) is 0.733. The Labute approximate surface area is 146 Å². The zero-order valence-electron chi connectivity index (χ0n) is 14.2. The molecule has 0 atom stereocenters. The van der Waals surface area contributed by atoms with Crippen LogP contribution in [0.2, 0.25) is 0 Å². The number of hydrogen-bond acceptors (Lipinski definition) is 7. The van der Waals surface area contributed by atoms with E-state index >= 15 is 0 Å². The smallest absolute Gasteiger partial charge is 0.243 e. The van der Waals surface area contributed by atoms with Crippen LogP contribution in [0.15, 0.2) is 33.6 Å². The first-order chi connectivity index (χ1) is 11.9. The van der Waals surface area contributed by atoms with Crippen LogP contribution >= 0.6 is 0 Å². The summed E-state index contributed by atoms with van der Waals surface area (Å²) < 4.78 is 32.3. The highest BCUT2D eigenvalue weighted by Gasteiger charge is 2.29. The molecule has 3 rings (SSSR count). The Hall–Kier alpha value is -2.10. The second-order valence-electron chi connectivity index (χ2n) is 5.98. The van der Waals surface area contributed by atoms with E-state index in [4.69, 9.17) is 4.42 Å². The summed E-state index contributed by atoms with van der Waals surface area (Å²) in [4.78, 5) is 13.6. The maximum absolute atomic E-state index is 12.7. The minimum Gasteiger partial charge on any atom is -0.424 e. The molecule has 1 aromatic heterocycles. The van der Waals surface area contributed by atoms with Gasteiger partial charge >= 0.3 is 0 Å². The normalized spacial score (nSPS) is 16.9. The summed E-state index contributed by atoms with van der Waals surface area (Å²) in [5, 5.41) is 7.75. The van der Waals surface area contributed by atoms with Gasteiger partial charge in [0.05, 0.1) is 11.4 Å². The number of Topliss-reactive ketones (excluding diaryl/α,β-unsaturated/α-hetero) is 1. The highest BCUT2D eigenvalue weighted by molar-refractivity contribution is 7.89. The molecule has 0 unspecified atom stereocenters. The predicted molar refractivity (Wildman–Crippen MR) is 89.5 cm³/mol. The molecule has 0 radical (unpaired) electrons. The number of rotatable bonds is 5. The summed E-state index contributed by atoms with van der Waals surface area (Å²) in [5.74, 6) is 0.965. The molecule has 134 valence electrons. The summed E-state index contributed by atoms with van der Waals surface area (Å²) >= 11 is 0. The number of ketones is 1. The van der Waals surface area contributed by atoms with Crippen molar-refractivity contribution in [2.24, 2.45) is 0 Å². The lowest BCUT2D eigenvalue weighted by atomic mass is 10.2. The van der Waals surface area contributed by atoms with Crippen molar-refractivity contribution in [1.29, 1.82) is 0 Å². The largest absolute Gasteiger partial charge is 0.424 e. The van der Waals surface area contributed by atoms with Crippen LogP contribution in [0.4, 0.5) is 0 Å². The van der Waals surface area contributed by atoms with Crippen molar-refractivity contribution in [2.45, 2.75) is 25.3 Å². The Morgan fingerprint density at radius 2 is 1.76 bits per heavy atom. The van der Waals surface area contributed by atoms with Crippen LogP contribution in [0.3, 0.4) is 0 Å². The van der Waals surface area contributed by atoms with Gasteiger partial charge in [-0.3, -0.25) is 9.69 Å². The van der Waals surface area contributed by atoms with Crippen molar-refractivity contribution in [3.8, 4) is 0 Å². The van der Waals surface area contributed by atoms with Gasteiger partial charge in [-0.25, -0.2) is 8.42 Å². The van der Waals surface area contributed by atoms with E-state index in [1.165, 1.54) is 23.4 Å². The van der Waals surface area contributed by atoms with Gasteiger partial charge in [0, 0.05) is 38.7 Å². The first-order valence-corrected chi connectivity index (χ1v) is 9.43. The summed E-state index contributed by atoms with van der Waals surface area (Å²) in [6, 6.07) is 6.06. The van der Waals surface area contributed by atoms with Crippen LogP contribution in [0, 0.1) is 6.92 Å². The molecule has 8 nitrogen and oxygen atoms in total. The highest BCUT2D eigenvalue weighted by atomic mass is 32.2. The number of carbonyl (C=O) groups is 1. The van der Waals surface area contributed by atoms with Crippen LogP contribution in [0.5, 0.6) is 0 Å². The topological polar surface area (TPSA) is 96.6 Å². The average Bonchev–Trinajstić information content (AvgIpc) is 3.00. The predicted octanol–water partition coefficient (Wildman–Crippen LogP) is 1.09. The van der Waals surface area contributed by atoms with Crippen LogP contribution in [0.25, 0.3) is 0 Å². The Morgan fingerprint density at radius 1 is 1.12 bits per heavy atom. The highest BCUT2D eigenvalue weighted by Crippen LogP contribution is 2.19. The zero-order chi connectivity index (χ0) is 18.0. The fraction of sp³-hybridized carbons (Fsp3) is 0.438. The van der Waals surface area contributed by atoms with Crippen LogP contribution in [0.1, 0.15) is 29.1 Å². The summed E-state index contributed by atoms with van der Waals surface area (Å²) in [6.07, 6.45) is 0. The zero-order valence-corrected chi connectivity index (χ0v) is 15.0. The molecule has 0 saturated carbocycles. The number of aromatic nitrogens is 2. The van der Waals surface area contributed by atoms with E-state index in [0.29, 0.717) is 50.1 Å². The molecule has 9 heteroatoms. The first kappa shape index (κ1) is 17.7. The maximum Gasteiger partial charge on any atom is 0.243 e. The van der Waals surface area contributed by atoms with Gasteiger partial charge in [-0.05, 0) is 19.1 Å². The van der Waals surface area contributed by atoms with E-state index in [-0.39, 0.29) is 10.7 Å². The maximum atomic E-state index is 12.7. The van der Waals surface area contributed by atoms with Crippen molar-refractivity contribution >= 4 is 15.8 Å². The third-order valence-corrected chi connectivity index (χ3v) is 6.07. The van der Waals surface area contributed by atoms with Crippen molar-refractivity contribution in [1.82, 2.24) is 19.4 Å². The molecular formula is C16H20N4O4S. The molecule has 0 bridgehead atoms. The molecule has 25 heavy (non-hydrogen) atoms. The van der Waals surface area contributed by atoms with E-state index in [1.807, 2.05) is 0 Å². The van der Waals surface area contributed by atoms with Crippen molar-refractivity contribution < 1.29 is 17.6 Å². The second kappa shape index (κ2) is 7.03. The average molecular weight is 364 g/mol. The van der Waals surface area contributed by atoms with Gasteiger partial charge in [0.1, 0.15) is 0 Å². The second-order valence-corrected chi connectivity index (χ2v) is 7.91. The molecule has 1 saturated heterocycles. The number of hydrogen-bond donors (Lipinski definition) is 0. The molecular weight excluding hydrogens is 344 g/mol. The molecule has 0 amide bonds. The van der Waals surface area contributed by atoms with Gasteiger partial charge in [0.15, 0.2) is 5.78 Å². The molecule has 0 spiro atoms. The molecule has 2 aromatic rings. The number of piperazine rings is 1. The van der Waals surface area contributed by atoms with Gasteiger partial charge in [-0.15, -0.1) is 10.2 Å². The number of aryl methyl sites for hydroxylation is 1. The van der Waals surface area contributed by atoms with E-state index in [9.17, 15) is 13.2 Å². The minimum atomic E-state index is -3.55. The van der Waals surface area contributed by atoms with Crippen molar-refractivity contribution in [2.75, 3.05) is 26.2 Å². The Balaban J connectivity index is 1.63. The molecule has 1 aromatic carbocycles. The van der Waals surface area contributed by atoms with E-state index in [1.54, 1.807) is 19.1 Å². The number of carbonyl (C=O) groups excluding carboxylic acids is 1. The van der Waals surface area contributed by atoms with Crippen molar-refractivity contribution in [3.05, 3.63) is 41.6 Å². The van der Waals surface area contributed by atoms with Crippen LogP contribution in [-0.4, -0.2) is 59.8 Å². The Kier molecular flexibility index (Phi) is 4.98. The minimum absolute atomic E-state index is 0.0891. The van der Waals surface area contributed by atoms with Crippen LogP contribution in [-0.2, 0) is 16.6 Å². The molecule has 1 aliphatic heterocycles. The van der Waals surface area contributed by atoms with Gasteiger partial charge in [-0.2, -0.15) is 4.31 Å². The first-order valence-electron chi connectivity index (χ1n) is 7.99. The standard InChI is InChI=1S/C16H20N4O4S/c1-12(21)14-3-5-15(6-4-14)25(22,23)20-9-7-19(8-10-20)11-16-18-17-13(2)24-16/h3-6H,7-11H2,1-2H3. The monoisotopic (exact) mass is 364 g/mol. The fourth-order valence-electron chi connectivity index (χ4n) is 2.73. The third kappa shape index (κ3) is 3.94. The van der Waals surface area contributed by atoms with E-state index in [2.05, 4.69) is 15.1 Å². The molecule has 0 N–H and O–H groups in total. The summed E-state index contributed by atoms with van der Waals surface area (Å²) in [5.41, 5.74) is 0.499. The van der Waals surface area contributed by atoms with Gasteiger partial charge in [-0.1, -0.05) is 12.1 Å². The van der Waals surface area contributed by atoms with Gasteiger partial charge < -0.3 is 4.42 Å². The van der Waals surface area contributed by atoms with Gasteiger partial charge in [0.2, 0.25) is 21.8 Å². The Morgan fingerprint density at radius 3 is 2.28 bits per heavy atom. The molecule has 2 heterocycles. The third-order valence-electron chi connectivity index (χ3n) is 4.16. The SMILES string of the molecule is CC(=O)c1ccc(S(=O)(=O)N2CCN(Cc3nnc(C)o3)CC2)cc1. The molecule has 0 aliphatic carbocycles. The number of sulfonamides is 1. The lowest BCUT2D eigenvalue weighted by Gasteiger charge is -2.33. The van der Waals surface area contributed by atoms with E-state index < -0.39 is 10.0 Å². The summed E-state index contributed by atoms with van der Waals surface area (Å²) in [7, 11) is -3.55. The van der Waals surface area contributed by atoms with Gasteiger partial charge in [0.25, 0.3) is 0 Å².